The van der Waals surface area contributed by atoms with E-state index in [2.05, 4.69) is 49.9 Å². The van der Waals surface area contributed by atoms with Crippen molar-refractivity contribution >= 4 is 0 Å². The van der Waals surface area contributed by atoms with Gasteiger partial charge in [0.2, 0.25) is 0 Å². The van der Waals surface area contributed by atoms with Crippen LogP contribution in [-0.2, 0) is 0 Å². The van der Waals surface area contributed by atoms with Gasteiger partial charge in [-0.1, -0.05) is 25.1 Å². The van der Waals surface area contributed by atoms with Gasteiger partial charge in [-0.15, -0.1) is 0 Å². The highest BCUT2D eigenvalue weighted by Gasteiger charge is 2.38. The maximum absolute atomic E-state index is 6.24. The molecule has 2 heterocycles. The average Bonchev–Trinajstić information content (AvgIpc) is 2.35. The van der Waals surface area contributed by atoms with Gasteiger partial charge in [0.25, 0.3) is 0 Å². The lowest BCUT2D eigenvalue weighted by molar-refractivity contribution is 0.0133. The van der Waals surface area contributed by atoms with E-state index in [1.807, 2.05) is 0 Å². The van der Waals surface area contributed by atoms with E-state index in [0.717, 1.165) is 31.7 Å². The molecule has 0 aliphatic carbocycles. The molecule has 3 heteroatoms. The van der Waals surface area contributed by atoms with Crippen LogP contribution in [0.3, 0.4) is 0 Å². The minimum Gasteiger partial charge on any atom is -0.487 e. The average molecular weight is 274 g/mol. The molecule has 2 aliphatic rings. The Kier molecular flexibility index (Phi) is 3.51. The van der Waals surface area contributed by atoms with Crippen molar-refractivity contribution in [1.29, 1.82) is 0 Å². The fourth-order valence-corrected chi connectivity index (χ4v) is 3.79. The van der Waals surface area contributed by atoms with Crippen molar-refractivity contribution in [2.45, 2.75) is 51.3 Å². The zero-order valence-electron chi connectivity index (χ0n) is 12.8. The monoisotopic (exact) mass is 274 g/mol. The summed E-state index contributed by atoms with van der Waals surface area (Å²) in [6.45, 7) is 8.82. The molecule has 110 valence electrons. The van der Waals surface area contributed by atoms with Crippen LogP contribution < -0.4 is 10.5 Å². The summed E-state index contributed by atoms with van der Waals surface area (Å²) >= 11 is 0. The number of nitrogens with zero attached hydrogens (tertiary/aromatic N) is 1. The summed E-state index contributed by atoms with van der Waals surface area (Å²) in [4.78, 5) is 2.57. The van der Waals surface area contributed by atoms with Crippen LogP contribution >= 0.6 is 0 Å². The van der Waals surface area contributed by atoms with E-state index in [-0.39, 0.29) is 5.60 Å². The third-order valence-electron chi connectivity index (χ3n) is 4.51. The normalized spacial score (nSPS) is 33.3. The lowest BCUT2D eigenvalue weighted by Gasteiger charge is -2.46. The summed E-state index contributed by atoms with van der Waals surface area (Å²) in [5.74, 6) is 1.72. The highest BCUT2D eigenvalue weighted by molar-refractivity contribution is 5.38. The lowest BCUT2D eigenvalue weighted by atomic mass is 9.86. The molecular weight excluding hydrogens is 248 g/mol. The van der Waals surface area contributed by atoms with Crippen LogP contribution in [-0.4, -0.2) is 29.6 Å². The molecule has 0 bridgehead atoms. The van der Waals surface area contributed by atoms with Gasteiger partial charge in [-0.25, -0.2) is 0 Å². The minimum absolute atomic E-state index is 0.107. The largest absolute Gasteiger partial charge is 0.487 e. The van der Waals surface area contributed by atoms with Gasteiger partial charge >= 0.3 is 0 Å². The van der Waals surface area contributed by atoms with Crippen molar-refractivity contribution in [3.63, 3.8) is 0 Å². The Bertz CT molecular complexity index is 476. The number of para-hydroxylation sites is 1. The zero-order valence-corrected chi connectivity index (χ0v) is 12.8. The molecule has 0 saturated carbocycles. The summed E-state index contributed by atoms with van der Waals surface area (Å²) < 4.78 is 6.14. The van der Waals surface area contributed by atoms with Crippen molar-refractivity contribution in [2.75, 3.05) is 13.1 Å². The number of hydrogen-bond acceptors (Lipinski definition) is 3. The number of rotatable bonds is 1. The number of fused-ring (bicyclic) bond motifs is 1. The molecule has 3 unspecified atom stereocenters. The molecule has 20 heavy (non-hydrogen) atoms. The van der Waals surface area contributed by atoms with Gasteiger partial charge in [0.1, 0.15) is 11.4 Å². The molecule has 0 spiro atoms. The summed E-state index contributed by atoms with van der Waals surface area (Å²) in [6.07, 6.45) is 2.17. The first-order valence-electron chi connectivity index (χ1n) is 7.72. The van der Waals surface area contributed by atoms with E-state index < -0.39 is 0 Å². The number of ether oxygens (including phenoxy) is 1. The van der Waals surface area contributed by atoms with Crippen molar-refractivity contribution in [3.05, 3.63) is 29.8 Å². The first kappa shape index (κ1) is 13.9. The van der Waals surface area contributed by atoms with E-state index in [1.54, 1.807) is 0 Å². The predicted molar refractivity (Wildman–Crippen MR) is 81.8 cm³/mol. The Morgan fingerprint density at radius 2 is 2.00 bits per heavy atom. The van der Waals surface area contributed by atoms with Crippen molar-refractivity contribution < 1.29 is 4.74 Å². The summed E-state index contributed by atoms with van der Waals surface area (Å²) in [7, 11) is 0. The van der Waals surface area contributed by atoms with Crippen LogP contribution in [0.4, 0.5) is 0 Å². The van der Waals surface area contributed by atoms with Gasteiger partial charge in [0.15, 0.2) is 0 Å². The topological polar surface area (TPSA) is 38.5 Å². The summed E-state index contributed by atoms with van der Waals surface area (Å²) in [6, 6.07) is 9.21. The maximum Gasteiger partial charge on any atom is 0.124 e. The second-order valence-electron chi connectivity index (χ2n) is 7.17. The number of benzene rings is 1. The van der Waals surface area contributed by atoms with Crippen molar-refractivity contribution in [3.8, 4) is 5.75 Å². The van der Waals surface area contributed by atoms with E-state index >= 15 is 0 Å². The third-order valence-corrected chi connectivity index (χ3v) is 4.51. The number of likely N-dealkylation sites (tertiary alicyclic amines) is 1. The Morgan fingerprint density at radius 3 is 2.75 bits per heavy atom. The lowest BCUT2D eigenvalue weighted by Crippen LogP contribution is -2.50. The second kappa shape index (κ2) is 5.05. The second-order valence-corrected chi connectivity index (χ2v) is 7.17. The van der Waals surface area contributed by atoms with Gasteiger partial charge in [-0.3, -0.25) is 4.90 Å². The molecule has 2 N–H and O–H groups in total. The van der Waals surface area contributed by atoms with E-state index in [4.69, 9.17) is 10.5 Å². The molecule has 2 aliphatic heterocycles. The van der Waals surface area contributed by atoms with Crippen molar-refractivity contribution in [1.82, 2.24) is 4.90 Å². The van der Waals surface area contributed by atoms with Crippen LogP contribution in [0.2, 0.25) is 0 Å². The number of piperidine rings is 1. The van der Waals surface area contributed by atoms with Crippen LogP contribution in [0.5, 0.6) is 5.75 Å². The molecule has 3 rings (SSSR count). The van der Waals surface area contributed by atoms with Crippen LogP contribution in [0.25, 0.3) is 0 Å². The Labute approximate surface area is 122 Å². The van der Waals surface area contributed by atoms with Crippen LogP contribution in [0, 0.1) is 5.92 Å². The predicted octanol–water partition coefficient (Wildman–Crippen LogP) is 2.96. The molecule has 1 saturated heterocycles. The smallest absolute Gasteiger partial charge is 0.124 e. The Morgan fingerprint density at radius 1 is 1.25 bits per heavy atom. The van der Waals surface area contributed by atoms with Gasteiger partial charge in [0.05, 0.1) is 0 Å². The molecule has 0 amide bonds. The fraction of sp³-hybridized carbons (Fsp3) is 0.647. The first-order valence-corrected chi connectivity index (χ1v) is 7.72. The minimum atomic E-state index is -0.107. The quantitative estimate of drug-likeness (QED) is 0.855. The third kappa shape index (κ3) is 2.70. The zero-order chi connectivity index (χ0) is 14.3. The highest BCUT2D eigenvalue weighted by atomic mass is 16.5. The molecule has 1 aromatic carbocycles. The molecule has 0 radical (unpaired) electrons. The summed E-state index contributed by atoms with van der Waals surface area (Å²) in [5.41, 5.74) is 7.46. The Hall–Kier alpha value is -1.06. The van der Waals surface area contributed by atoms with Gasteiger partial charge in [0, 0.05) is 37.2 Å². The van der Waals surface area contributed by atoms with Crippen LogP contribution in [0.15, 0.2) is 24.3 Å². The van der Waals surface area contributed by atoms with Gasteiger partial charge in [-0.2, -0.15) is 0 Å². The van der Waals surface area contributed by atoms with E-state index in [0.29, 0.717) is 18.0 Å². The maximum atomic E-state index is 6.24. The van der Waals surface area contributed by atoms with Gasteiger partial charge < -0.3 is 10.5 Å². The molecule has 3 atom stereocenters. The molecule has 1 aromatic rings. The van der Waals surface area contributed by atoms with Gasteiger partial charge in [-0.05, 0) is 32.3 Å². The molecule has 1 fully saturated rings. The SMILES string of the molecule is CC1CC(N)CN(C2CC(C)(C)Oc3ccccc32)C1. The fourth-order valence-electron chi connectivity index (χ4n) is 3.79. The molecule has 0 aromatic heterocycles. The standard InChI is InChI=1S/C17H26N2O/c1-12-8-13(18)11-19(10-12)15-9-17(2,3)20-16-7-5-4-6-14(15)16/h4-7,12-13,15H,8-11,18H2,1-3H3. The first-order chi connectivity index (χ1) is 9.44. The van der Waals surface area contributed by atoms with Crippen LogP contribution in [0.1, 0.15) is 45.2 Å². The molecular formula is C17H26N2O. The Balaban J connectivity index is 1.92. The highest BCUT2D eigenvalue weighted by Crippen LogP contribution is 2.43. The van der Waals surface area contributed by atoms with E-state index in [9.17, 15) is 0 Å². The number of hydrogen-bond donors (Lipinski definition) is 1. The number of nitrogens with two attached hydrogens (primary N) is 1. The summed E-state index contributed by atoms with van der Waals surface area (Å²) in [5, 5.41) is 0. The van der Waals surface area contributed by atoms with Crippen molar-refractivity contribution in [2.24, 2.45) is 11.7 Å². The van der Waals surface area contributed by atoms with E-state index in [1.165, 1.54) is 5.56 Å². The molecule has 3 nitrogen and oxygen atoms in total.